The van der Waals surface area contributed by atoms with Crippen molar-refractivity contribution in [2.45, 2.75) is 18.5 Å². The van der Waals surface area contributed by atoms with Gasteiger partial charge < -0.3 is 5.32 Å². The van der Waals surface area contributed by atoms with Crippen LogP contribution in [0.3, 0.4) is 0 Å². The SMILES string of the molecule is CNC(=O)[C@H](C#N)C(=O)C[C@H](c1ccccc1)C(F)(F)F. The normalized spacial score (nSPS) is 13.9. The summed E-state index contributed by atoms with van der Waals surface area (Å²) in [7, 11) is 1.21. The van der Waals surface area contributed by atoms with Gasteiger partial charge in [0.2, 0.25) is 5.91 Å². The van der Waals surface area contributed by atoms with Crippen LogP contribution in [0.5, 0.6) is 0 Å². The first-order chi connectivity index (χ1) is 9.81. The van der Waals surface area contributed by atoms with Crippen molar-refractivity contribution in [1.29, 1.82) is 5.26 Å². The highest BCUT2D eigenvalue weighted by molar-refractivity contribution is 6.04. The molecule has 1 N–H and O–H groups in total. The lowest BCUT2D eigenvalue weighted by Gasteiger charge is -2.20. The highest BCUT2D eigenvalue weighted by Crippen LogP contribution is 2.38. The van der Waals surface area contributed by atoms with E-state index in [1.165, 1.54) is 37.4 Å². The van der Waals surface area contributed by atoms with Gasteiger partial charge in [-0.15, -0.1) is 0 Å². The molecule has 7 heteroatoms. The minimum absolute atomic E-state index is 0.0769. The van der Waals surface area contributed by atoms with E-state index < -0.39 is 36.1 Å². The Morgan fingerprint density at radius 3 is 2.29 bits per heavy atom. The molecule has 0 saturated carbocycles. The summed E-state index contributed by atoms with van der Waals surface area (Å²) < 4.78 is 39.2. The molecule has 1 rings (SSSR count). The van der Waals surface area contributed by atoms with E-state index in [1.54, 1.807) is 6.07 Å². The second kappa shape index (κ2) is 6.88. The minimum atomic E-state index is -4.64. The smallest absolute Gasteiger partial charge is 0.358 e. The van der Waals surface area contributed by atoms with E-state index in [0.717, 1.165) is 0 Å². The third kappa shape index (κ3) is 4.31. The Balaban J connectivity index is 3.01. The van der Waals surface area contributed by atoms with E-state index >= 15 is 0 Å². The maximum Gasteiger partial charge on any atom is 0.396 e. The number of hydrogen-bond donors (Lipinski definition) is 1. The monoisotopic (exact) mass is 298 g/mol. The standard InChI is InChI=1S/C14H13F3N2O2/c1-19-13(21)10(8-18)12(20)7-11(14(15,16)17)9-5-3-2-4-6-9/h2-6,10-11H,7H2,1H3,(H,19,21)/t10-,11-/m1/s1. The van der Waals surface area contributed by atoms with Crippen molar-refractivity contribution < 1.29 is 22.8 Å². The van der Waals surface area contributed by atoms with Gasteiger partial charge in [0.1, 0.15) is 0 Å². The van der Waals surface area contributed by atoms with Crippen molar-refractivity contribution in [3.8, 4) is 6.07 Å². The van der Waals surface area contributed by atoms with Gasteiger partial charge in [-0.05, 0) is 5.56 Å². The van der Waals surface area contributed by atoms with Crippen molar-refractivity contribution in [2.75, 3.05) is 7.05 Å². The topological polar surface area (TPSA) is 70.0 Å². The van der Waals surface area contributed by atoms with Gasteiger partial charge in [-0.1, -0.05) is 30.3 Å². The lowest BCUT2D eigenvalue weighted by molar-refractivity contribution is -0.158. The van der Waals surface area contributed by atoms with Crippen LogP contribution in [0, 0.1) is 17.2 Å². The number of amides is 1. The highest BCUT2D eigenvalue weighted by atomic mass is 19.4. The molecule has 0 aliphatic carbocycles. The van der Waals surface area contributed by atoms with Crippen LogP contribution in [0.1, 0.15) is 17.9 Å². The fourth-order valence-electron chi connectivity index (χ4n) is 1.85. The fraction of sp³-hybridized carbons (Fsp3) is 0.357. The van der Waals surface area contributed by atoms with E-state index in [1.807, 2.05) is 0 Å². The summed E-state index contributed by atoms with van der Waals surface area (Å²) in [6.07, 6.45) is -5.58. The van der Waals surface area contributed by atoms with Gasteiger partial charge in [-0.25, -0.2) is 0 Å². The number of halogens is 3. The summed E-state index contributed by atoms with van der Waals surface area (Å²) in [5.41, 5.74) is -0.0769. The number of alkyl halides is 3. The number of Topliss-reactive ketones (excluding diaryl/α,β-unsaturated/α-hetero) is 1. The largest absolute Gasteiger partial charge is 0.396 e. The van der Waals surface area contributed by atoms with Crippen LogP contribution in [0.25, 0.3) is 0 Å². The second-order valence-electron chi connectivity index (χ2n) is 4.35. The number of nitrogens with zero attached hydrogens (tertiary/aromatic N) is 1. The molecule has 112 valence electrons. The highest BCUT2D eigenvalue weighted by Gasteiger charge is 2.43. The molecule has 0 fully saturated rings. The Kier molecular flexibility index (Phi) is 5.47. The molecule has 0 heterocycles. The lowest BCUT2D eigenvalue weighted by Crippen LogP contribution is -2.34. The number of rotatable bonds is 5. The minimum Gasteiger partial charge on any atom is -0.358 e. The molecule has 0 aliphatic heterocycles. The molecule has 0 bridgehead atoms. The van der Waals surface area contributed by atoms with Crippen molar-refractivity contribution in [1.82, 2.24) is 5.32 Å². The maximum absolute atomic E-state index is 13.1. The number of nitriles is 1. The maximum atomic E-state index is 13.1. The van der Waals surface area contributed by atoms with Crippen molar-refractivity contribution >= 4 is 11.7 Å². The number of nitrogens with one attached hydrogen (secondary N) is 1. The Morgan fingerprint density at radius 2 is 1.86 bits per heavy atom. The van der Waals surface area contributed by atoms with E-state index in [9.17, 15) is 22.8 Å². The third-order valence-corrected chi connectivity index (χ3v) is 2.96. The van der Waals surface area contributed by atoms with E-state index in [2.05, 4.69) is 5.32 Å². The molecule has 2 atom stereocenters. The molecule has 0 spiro atoms. The van der Waals surface area contributed by atoms with Crippen molar-refractivity contribution in [3.05, 3.63) is 35.9 Å². The van der Waals surface area contributed by atoms with Crippen molar-refractivity contribution in [2.24, 2.45) is 5.92 Å². The molecular formula is C14H13F3N2O2. The summed E-state index contributed by atoms with van der Waals surface area (Å²) >= 11 is 0. The first-order valence-electron chi connectivity index (χ1n) is 6.06. The van der Waals surface area contributed by atoms with Crippen LogP contribution in [-0.4, -0.2) is 24.9 Å². The van der Waals surface area contributed by atoms with Crippen LogP contribution >= 0.6 is 0 Å². The third-order valence-electron chi connectivity index (χ3n) is 2.96. The molecule has 0 aromatic heterocycles. The summed E-state index contributed by atoms with van der Waals surface area (Å²) in [4.78, 5) is 23.1. The molecule has 4 nitrogen and oxygen atoms in total. The van der Waals surface area contributed by atoms with Crippen LogP contribution in [-0.2, 0) is 9.59 Å². The number of benzene rings is 1. The molecule has 0 unspecified atom stereocenters. The Hall–Kier alpha value is -2.36. The molecular weight excluding hydrogens is 285 g/mol. The van der Waals surface area contributed by atoms with E-state index in [-0.39, 0.29) is 5.56 Å². The van der Waals surface area contributed by atoms with Gasteiger partial charge in [-0.2, -0.15) is 18.4 Å². The molecule has 0 saturated heterocycles. The van der Waals surface area contributed by atoms with Gasteiger partial charge in [0.25, 0.3) is 0 Å². The van der Waals surface area contributed by atoms with Crippen LogP contribution in [0.4, 0.5) is 13.2 Å². The first kappa shape index (κ1) is 16.7. The first-order valence-corrected chi connectivity index (χ1v) is 6.06. The predicted octanol–water partition coefficient (Wildman–Crippen LogP) is 2.18. The Morgan fingerprint density at radius 1 is 1.29 bits per heavy atom. The van der Waals surface area contributed by atoms with Crippen LogP contribution in [0.15, 0.2) is 30.3 Å². The van der Waals surface area contributed by atoms with E-state index in [0.29, 0.717) is 0 Å². The van der Waals surface area contributed by atoms with Crippen LogP contribution in [0.2, 0.25) is 0 Å². The summed E-state index contributed by atoms with van der Waals surface area (Å²) in [5, 5.41) is 10.9. The lowest BCUT2D eigenvalue weighted by atomic mass is 9.89. The average molecular weight is 298 g/mol. The Labute approximate surface area is 119 Å². The van der Waals surface area contributed by atoms with Gasteiger partial charge in [0, 0.05) is 13.5 Å². The zero-order valence-corrected chi connectivity index (χ0v) is 11.1. The van der Waals surface area contributed by atoms with Crippen molar-refractivity contribution in [3.63, 3.8) is 0 Å². The molecule has 0 aliphatic rings. The van der Waals surface area contributed by atoms with Crippen LogP contribution < -0.4 is 5.32 Å². The van der Waals surface area contributed by atoms with Gasteiger partial charge in [0.05, 0.1) is 12.0 Å². The van der Waals surface area contributed by atoms with Gasteiger partial charge >= 0.3 is 6.18 Å². The molecule has 1 amide bonds. The molecule has 1 aromatic carbocycles. The number of hydrogen-bond acceptors (Lipinski definition) is 3. The van der Waals surface area contributed by atoms with Gasteiger partial charge in [0.15, 0.2) is 11.7 Å². The average Bonchev–Trinajstić information content (AvgIpc) is 2.45. The summed E-state index contributed by atoms with van der Waals surface area (Å²) in [6.45, 7) is 0. The van der Waals surface area contributed by atoms with E-state index in [4.69, 9.17) is 5.26 Å². The zero-order chi connectivity index (χ0) is 16.0. The quantitative estimate of drug-likeness (QED) is 0.847. The summed E-state index contributed by atoms with van der Waals surface area (Å²) in [6, 6.07) is 8.36. The summed E-state index contributed by atoms with van der Waals surface area (Å²) in [5.74, 6) is -5.73. The Bertz CT molecular complexity index is 550. The van der Waals surface area contributed by atoms with Gasteiger partial charge in [-0.3, -0.25) is 9.59 Å². The predicted molar refractivity (Wildman–Crippen MR) is 68.0 cm³/mol. The number of carbonyl (C=O) groups is 2. The number of carbonyl (C=O) groups excluding carboxylic acids is 2. The molecule has 0 radical (unpaired) electrons. The zero-order valence-electron chi connectivity index (χ0n) is 11.1. The molecule has 21 heavy (non-hydrogen) atoms. The molecule has 1 aromatic rings. The second-order valence-corrected chi connectivity index (χ2v) is 4.35. The number of ketones is 1. The fourth-order valence-corrected chi connectivity index (χ4v) is 1.85.